The first-order chi connectivity index (χ1) is 8.69. The van der Waals surface area contributed by atoms with Crippen LogP contribution in [0.25, 0.3) is 0 Å². The number of alkyl halides is 3. The van der Waals surface area contributed by atoms with Crippen LogP contribution in [0.15, 0.2) is 18.3 Å². The van der Waals surface area contributed by atoms with Gasteiger partial charge in [0.2, 0.25) is 0 Å². The summed E-state index contributed by atoms with van der Waals surface area (Å²) in [6.45, 7) is 1.42. The van der Waals surface area contributed by atoms with Crippen molar-refractivity contribution < 1.29 is 18.0 Å². The molecule has 0 saturated heterocycles. The first-order valence-corrected chi connectivity index (χ1v) is 5.70. The van der Waals surface area contributed by atoms with Crippen LogP contribution in [0.4, 0.5) is 19.0 Å². The molecule has 7 heteroatoms. The molecule has 0 aromatic carbocycles. The Labute approximate surface area is 109 Å². The molecule has 0 spiro atoms. The van der Waals surface area contributed by atoms with Gasteiger partial charge in [0.1, 0.15) is 5.82 Å². The SMILES string of the molecule is CC(CC(F)(F)F)Nc1ccc(C(=O)N(C)C)cn1. The number of pyridine rings is 1. The van der Waals surface area contributed by atoms with Gasteiger partial charge in [-0.1, -0.05) is 0 Å². The van der Waals surface area contributed by atoms with Gasteiger partial charge < -0.3 is 10.2 Å². The number of anilines is 1. The second-order valence-electron chi connectivity index (χ2n) is 4.50. The Morgan fingerprint density at radius 3 is 2.47 bits per heavy atom. The molecule has 0 aliphatic carbocycles. The Kier molecular flexibility index (Phi) is 4.74. The van der Waals surface area contributed by atoms with Crippen molar-refractivity contribution in [3.63, 3.8) is 0 Å². The molecule has 1 N–H and O–H groups in total. The summed E-state index contributed by atoms with van der Waals surface area (Å²) in [6, 6.07) is 2.24. The number of aromatic nitrogens is 1. The maximum absolute atomic E-state index is 12.2. The molecule has 1 heterocycles. The fourth-order valence-corrected chi connectivity index (χ4v) is 1.51. The second-order valence-corrected chi connectivity index (χ2v) is 4.50. The third kappa shape index (κ3) is 5.15. The summed E-state index contributed by atoms with van der Waals surface area (Å²) in [6.07, 6.45) is -3.81. The van der Waals surface area contributed by atoms with Gasteiger partial charge in [0.15, 0.2) is 0 Å². The number of hydrogen-bond donors (Lipinski definition) is 1. The fourth-order valence-electron chi connectivity index (χ4n) is 1.51. The van der Waals surface area contributed by atoms with E-state index in [0.29, 0.717) is 11.4 Å². The molecule has 1 atom stereocenters. The number of halogens is 3. The Balaban J connectivity index is 2.65. The summed E-state index contributed by atoms with van der Waals surface area (Å²) in [5, 5.41) is 2.64. The number of nitrogens with zero attached hydrogens (tertiary/aromatic N) is 2. The van der Waals surface area contributed by atoms with Crippen molar-refractivity contribution in [2.45, 2.75) is 25.6 Å². The third-order valence-corrected chi connectivity index (χ3v) is 2.35. The first kappa shape index (κ1) is 15.3. The Morgan fingerprint density at radius 1 is 1.42 bits per heavy atom. The van der Waals surface area contributed by atoms with Crippen LogP contribution < -0.4 is 5.32 Å². The topological polar surface area (TPSA) is 45.2 Å². The van der Waals surface area contributed by atoms with Gasteiger partial charge >= 0.3 is 6.18 Å². The van der Waals surface area contributed by atoms with Gasteiger partial charge in [0, 0.05) is 26.3 Å². The standard InChI is InChI=1S/C12H16F3N3O/c1-8(6-12(13,14)15)17-10-5-4-9(7-16-10)11(19)18(2)3/h4-5,7-8H,6H2,1-3H3,(H,16,17). The van der Waals surface area contributed by atoms with E-state index >= 15 is 0 Å². The molecular weight excluding hydrogens is 259 g/mol. The quantitative estimate of drug-likeness (QED) is 0.918. The molecule has 4 nitrogen and oxygen atoms in total. The van der Waals surface area contributed by atoms with Crippen LogP contribution in [0, 0.1) is 0 Å². The van der Waals surface area contributed by atoms with E-state index in [1.807, 2.05) is 0 Å². The van der Waals surface area contributed by atoms with Crippen LogP contribution in [-0.4, -0.2) is 42.1 Å². The lowest BCUT2D eigenvalue weighted by molar-refractivity contribution is -0.136. The molecule has 0 saturated carbocycles. The molecule has 0 fully saturated rings. The fraction of sp³-hybridized carbons (Fsp3) is 0.500. The molecule has 19 heavy (non-hydrogen) atoms. The zero-order valence-electron chi connectivity index (χ0n) is 11.0. The summed E-state index contributed by atoms with van der Waals surface area (Å²) in [5.41, 5.74) is 0.388. The number of carbonyl (C=O) groups excluding carboxylic acids is 1. The van der Waals surface area contributed by atoms with Crippen molar-refractivity contribution in [3.8, 4) is 0 Å². The van der Waals surface area contributed by atoms with E-state index in [9.17, 15) is 18.0 Å². The van der Waals surface area contributed by atoms with E-state index in [1.54, 1.807) is 14.1 Å². The smallest absolute Gasteiger partial charge is 0.367 e. The van der Waals surface area contributed by atoms with Crippen molar-refractivity contribution >= 4 is 11.7 Å². The van der Waals surface area contributed by atoms with E-state index < -0.39 is 18.6 Å². The molecule has 0 radical (unpaired) electrons. The summed E-state index contributed by atoms with van der Waals surface area (Å²) in [4.78, 5) is 16.9. The van der Waals surface area contributed by atoms with Crippen LogP contribution in [0.2, 0.25) is 0 Å². The summed E-state index contributed by atoms with van der Waals surface area (Å²) in [5.74, 6) is 0.106. The molecule has 1 unspecified atom stereocenters. The van der Waals surface area contributed by atoms with Crippen molar-refractivity contribution in [2.75, 3.05) is 19.4 Å². The van der Waals surface area contributed by atoms with Gasteiger partial charge in [-0.2, -0.15) is 13.2 Å². The van der Waals surface area contributed by atoms with Crippen LogP contribution >= 0.6 is 0 Å². The lowest BCUT2D eigenvalue weighted by Gasteiger charge is -2.16. The zero-order chi connectivity index (χ0) is 14.6. The number of amides is 1. The minimum absolute atomic E-state index is 0.206. The highest BCUT2D eigenvalue weighted by atomic mass is 19.4. The predicted octanol–water partition coefficient (Wildman–Crippen LogP) is 2.54. The van der Waals surface area contributed by atoms with Crippen molar-refractivity contribution in [1.29, 1.82) is 0 Å². The molecule has 1 aromatic rings. The lowest BCUT2D eigenvalue weighted by atomic mass is 10.2. The van der Waals surface area contributed by atoms with Crippen molar-refractivity contribution in [2.24, 2.45) is 0 Å². The van der Waals surface area contributed by atoms with Gasteiger partial charge in [-0.05, 0) is 19.1 Å². The lowest BCUT2D eigenvalue weighted by Crippen LogP contribution is -2.24. The van der Waals surface area contributed by atoms with Crippen LogP contribution in [0.3, 0.4) is 0 Å². The maximum atomic E-state index is 12.2. The maximum Gasteiger partial charge on any atom is 0.391 e. The van der Waals surface area contributed by atoms with E-state index in [0.717, 1.165) is 0 Å². The predicted molar refractivity (Wildman–Crippen MR) is 66.0 cm³/mol. The van der Waals surface area contributed by atoms with E-state index in [4.69, 9.17) is 0 Å². The van der Waals surface area contributed by atoms with Gasteiger partial charge in [-0.15, -0.1) is 0 Å². The van der Waals surface area contributed by atoms with Gasteiger partial charge in [0.25, 0.3) is 5.91 Å². The average Bonchev–Trinajstić information content (AvgIpc) is 2.26. The number of carbonyl (C=O) groups is 1. The molecule has 1 rings (SSSR count). The molecule has 0 aliphatic heterocycles. The van der Waals surface area contributed by atoms with Crippen molar-refractivity contribution in [3.05, 3.63) is 23.9 Å². The van der Waals surface area contributed by atoms with Gasteiger partial charge in [-0.3, -0.25) is 4.79 Å². The molecule has 0 aliphatic rings. The summed E-state index contributed by atoms with van der Waals surface area (Å²) >= 11 is 0. The second kappa shape index (κ2) is 5.90. The number of hydrogen-bond acceptors (Lipinski definition) is 3. The molecule has 0 bridgehead atoms. The van der Waals surface area contributed by atoms with Crippen LogP contribution in [0.1, 0.15) is 23.7 Å². The minimum atomic E-state index is -4.22. The Bertz CT molecular complexity index is 429. The van der Waals surface area contributed by atoms with E-state index in [1.165, 1.54) is 30.2 Å². The minimum Gasteiger partial charge on any atom is -0.367 e. The molecule has 1 aromatic heterocycles. The highest BCUT2D eigenvalue weighted by molar-refractivity contribution is 5.93. The normalized spacial score (nSPS) is 12.9. The average molecular weight is 275 g/mol. The number of nitrogens with one attached hydrogen (secondary N) is 1. The summed E-state index contributed by atoms with van der Waals surface area (Å²) in [7, 11) is 3.22. The van der Waals surface area contributed by atoms with Gasteiger partial charge in [-0.25, -0.2) is 4.98 Å². The molecular formula is C12H16F3N3O. The summed E-state index contributed by atoms with van der Waals surface area (Å²) < 4.78 is 36.5. The molecule has 106 valence electrons. The highest BCUT2D eigenvalue weighted by Gasteiger charge is 2.30. The Morgan fingerprint density at radius 2 is 2.05 bits per heavy atom. The monoisotopic (exact) mass is 275 g/mol. The largest absolute Gasteiger partial charge is 0.391 e. The Hall–Kier alpha value is -1.79. The van der Waals surface area contributed by atoms with E-state index in [2.05, 4.69) is 10.3 Å². The third-order valence-electron chi connectivity index (χ3n) is 2.35. The van der Waals surface area contributed by atoms with Crippen molar-refractivity contribution in [1.82, 2.24) is 9.88 Å². The highest BCUT2D eigenvalue weighted by Crippen LogP contribution is 2.22. The van der Waals surface area contributed by atoms with Crippen LogP contribution in [-0.2, 0) is 0 Å². The van der Waals surface area contributed by atoms with E-state index in [-0.39, 0.29) is 5.91 Å². The van der Waals surface area contributed by atoms with Gasteiger partial charge in [0.05, 0.1) is 12.0 Å². The van der Waals surface area contributed by atoms with Crippen LogP contribution in [0.5, 0.6) is 0 Å². The first-order valence-electron chi connectivity index (χ1n) is 5.70. The molecule has 1 amide bonds. The zero-order valence-corrected chi connectivity index (χ0v) is 11.0. The number of rotatable bonds is 4.